The van der Waals surface area contributed by atoms with Crippen molar-refractivity contribution in [3.63, 3.8) is 0 Å². The van der Waals surface area contributed by atoms with Crippen LogP contribution in [-0.2, 0) is 0 Å². The topological polar surface area (TPSA) is 50.9 Å². The van der Waals surface area contributed by atoms with E-state index < -0.39 is 11.6 Å². The lowest BCUT2D eigenvalue weighted by Gasteiger charge is -2.10. The van der Waals surface area contributed by atoms with Gasteiger partial charge in [0.25, 0.3) is 0 Å². The van der Waals surface area contributed by atoms with Gasteiger partial charge in [-0.3, -0.25) is 0 Å². The van der Waals surface area contributed by atoms with Gasteiger partial charge in [-0.15, -0.1) is 11.3 Å². The van der Waals surface area contributed by atoms with E-state index >= 15 is 0 Å². The van der Waals surface area contributed by atoms with Gasteiger partial charge in [0.2, 0.25) is 0 Å². The van der Waals surface area contributed by atoms with Crippen LogP contribution < -0.4 is 11.1 Å². The third-order valence-electron chi connectivity index (χ3n) is 2.86. The van der Waals surface area contributed by atoms with Crippen molar-refractivity contribution in [1.29, 1.82) is 0 Å². The zero-order valence-corrected chi connectivity index (χ0v) is 11.4. The number of hydrogen-bond acceptors (Lipinski definition) is 4. The zero-order valence-electron chi connectivity index (χ0n) is 10.6. The summed E-state index contributed by atoms with van der Waals surface area (Å²) < 4.78 is 27.7. The molecular formula is C14H11F2N3S. The average Bonchev–Trinajstić information content (AvgIpc) is 2.73. The van der Waals surface area contributed by atoms with Crippen molar-refractivity contribution in [1.82, 2.24) is 4.98 Å². The molecule has 3 N–H and O–H groups in total. The molecule has 0 aliphatic rings. The number of anilines is 3. The number of aryl methyl sites for hydroxylation is 1. The fourth-order valence-corrected chi connectivity index (χ4v) is 2.81. The molecule has 102 valence electrons. The van der Waals surface area contributed by atoms with E-state index in [9.17, 15) is 8.78 Å². The minimum absolute atomic E-state index is 0.0444. The van der Waals surface area contributed by atoms with Gasteiger partial charge in [0.05, 0.1) is 32.3 Å². The summed E-state index contributed by atoms with van der Waals surface area (Å²) in [5.41, 5.74) is 7.72. The molecule has 0 atom stereocenters. The number of benzene rings is 2. The van der Waals surface area contributed by atoms with E-state index in [-0.39, 0.29) is 5.69 Å². The number of rotatable bonds is 2. The van der Waals surface area contributed by atoms with Crippen molar-refractivity contribution in [2.75, 3.05) is 11.1 Å². The molecule has 0 bridgehead atoms. The van der Waals surface area contributed by atoms with Gasteiger partial charge < -0.3 is 11.1 Å². The van der Waals surface area contributed by atoms with E-state index in [1.165, 1.54) is 11.3 Å². The lowest BCUT2D eigenvalue weighted by molar-refractivity contribution is 0.603. The Hall–Kier alpha value is -2.21. The molecule has 0 aliphatic carbocycles. The van der Waals surface area contributed by atoms with Gasteiger partial charge in [-0.25, -0.2) is 13.8 Å². The molecule has 1 heterocycles. The molecule has 0 unspecified atom stereocenters. The Labute approximate surface area is 118 Å². The van der Waals surface area contributed by atoms with Crippen LogP contribution in [0.15, 0.2) is 30.3 Å². The van der Waals surface area contributed by atoms with Crippen molar-refractivity contribution in [2.24, 2.45) is 0 Å². The first-order valence-corrected chi connectivity index (χ1v) is 6.73. The molecule has 0 spiro atoms. The van der Waals surface area contributed by atoms with Gasteiger partial charge in [-0.2, -0.15) is 0 Å². The van der Waals surface area contributed by atoms with E-state index in [4.69, 9.17) is 5.73 Å². The fourth-order valence-electron chi connectivity index (χ4n) is 1.95. The Kier molecular flexibility index (Phi) is 3.02. The number of halogens is 2. The Morgan fingerprint density at radius 2 is 1.95 bits per heavy atom. The first-order valence-electron chi connectivity index (χ1n) is 5.91. The Balaban J connectivity index is 2.05. The van der Waals surface area contributed by atoms with Crippen LogP contribution in [0.1, 0.15) is 5.01 Å². The highest BCUT2D eigenvalue weighted by Gasteiger charge is 2.09. The summed E-state index contributed by atoms with van der Waals surface area (Å²) in [4.78, 5) is 4.35. The molecule has 3 rings (SSSR count). The highest BCUT2D eigenvalue weighted by molar-refractivity contribution is 7.18. The molecule has 20 heavy (non-hydrogen) atoms. The lowest BCUT2D eigenvalue weighted by Crippen LogP contribution is -1.98. The van der Waals surface area contributed by atoms with Crippen LogP contribution in [-0.4, -0.2) is 4.98 Å². The molecule has 1 aromatic heterocycles. The number of nitrogens with two attached hydrogens (primary N) is 1. The highest BCUT2D eigenvalue weighted by atomic mass is 32.1. The van der Waals surface area contributed by atoms with Crippen molar-refractivity contribution >= 4 is 38.6 Å². The number of fused-ring (bicyclic) bond motifs is 1. The number of nitrogen functional groups attached to an aromatic ring is 1. The molecule has 0 saturated carbocycles. The van der Waals surface area contributed by atoms with E-state index in [0.717, 1.165) is 33.4 Å². The molecule has 3 aromatic rings. The minimum Gasteiger partial charge on any atom is -0.397 e. The fraction of sp³-hybridized carbons (Fsp3) is 0.0714. The number of hydrogen-bond donors (Lipinski definition) is 2. The molecule has 0 saturated heterocycles. The maximum atomic E-state index is 13.6. The largest absolute Gasteiger partial charge is 0.397 e. The number of nitrogens with one attached hydrogen (secondary N) is 1. The molecular weight excluding hydrogens is 280 g/mol. The van der Waals surface area contributed by atoms with Crippen LogP contribution in [0.25, 0.3) is 10.2 Å². The quantitative estimate of drug-likeness (QED) is 0.695. The standard InChI is InChI=1S/C14H11F2N3S/c1-7-18-13-6-12(10(17)5-14(13)20-7)19-11-4-8(15)2-3-9(11)16/h2-6,19H,17H2,1H3. The van der Waals surface area contributed by atoms with Crippen molar-refractivity contribution in [3.8, 4) is 0 Å². The summed E-state index contributed by atoms with van der Waals surface area (Å²) in [6.45, 7) is 1.90. The molecule has 0 aliphatic heterocycles. The average molecular weight is 291 g/mol. The number of aromatic nitrogens is 1. The SMILES string of the molecule is Cc1nc2cc(Nc3cc(F)ccc3F)c(N)cc2s1. The number of nitrogens with zero attached hydrogens (tertiary/aromatic N) is 1. The maximum Gasteiger partial charge on any atom is 0.146 e. The van der Waals surface area contributed by atoms with Crippen molar-refractivity contribution in [2.45, 2.75) is 6.92 Å². The van der Waals surface area contributed by atoms with Gasteiger partial charge in [-0.05, 0) is 31.2 Å². The van der Waals surface area contributed by atoms with Crippen LogP contribution >= 0.6 is 11.3 Å². The predicted octanol–water partition coefficient (Wildman–Crippen LogP) is 4.21. The minimum atomic E-state index is -0.541. The maximum absolute atomic E-state index is 13.6. The first kappa shape index (κ1) is 12.8. The van der Waals surface area contributed by atoms with E-state index in [0.29, 0.717) is 11.4 Å². The van der Waals surface area contributed by atoms with Crippen molar-refractivity contribution < 1.29 is 8.78 Å². The van der Waals surface area contributed by atoms with Gasteiger partial charge in [0, 0.05) is 6.07 Å². The van der Waals surface area contributed by atoms with Gasteiger partial charge in [-0.1, -0.05) is 0 Å². The second kappa shape index (κ2) is 4.72. The van der Waals surface area contributed by atoms with Gasteiger partial charge in [0.1, 0.15) is 11.6 Å². The lowest BCUT2D eigenvalue weighted by atomic mass is 10.2. The van der Waals surface area contributed by atoms with Crippen LogP contribution in [0, 0.1) is 18.6 Å². The summed E-state index contributed by atoms with van der Waals surface area (Å²) in [5.74, 6) is -1.06. The second-order valence-electron chi connectivity index (χ2n) is 4.39. The Morgan fingerprint density at radius 1 is 1.15 bits per heavy atom. The summed E-state index contributed by atoms with van der Waals surface area (Å²) in [6.07, 6.45) is 0. The first-order chi connectivity index (χ1) is 9.52. The molecule has 0 amide bonds. The monoisotopic (exact) mass is 291 g/mol. The van der Waals surface area contributed by atoms with Crippen LogP contribution in [0.2, 0.25) is 0 Å². The summed E-state index contributed by atoms with van der Waals surface area (Å²) in [6, 6.07) is 6.74. The smallest absolute Gasteiger partial charge is 0.146 e. The normalized spacial score (nSPS) is 10.9. The highest BCUT2D eigenvalue weighted by Crippen LogP contribution is 2.32. The molecule has 0 radical (unpaired) electrons. The third-order valence-corrected chi connectivity index (χ3v) is 3.80. The summed E-state index contributed by atoms with van der Waals surface area (Å²) >= 11 is 1.53. The summed E-state index contributed by atoms with van der Waals surface area (Å²) in [7, 11) is 0. The molecule has 0 fully saturated rings. The molecule has 6 heteroatoms. The van der Waals surface area contributed by atoms with Crippen LogP contribution in [0.4, 0.5) is 25.8 Å². The van der Waals surface area contributed by atoms with E-state index in [2.05, 4.69) is 10.3 Å². The van der Waals surface area contributed by atoms with Gasteiger partial charge in [0.15, 0.2) is 0 Å². The Bertz CT molecular complexity index is 798. The van der Waals surface area contributed by atoms with Crippen LogP contribution in [0.5, 0.6) is 0 Å². The van der Waals surface area contributed by atoms with E-state index in [1.54, 1.807) is 12.1 Å². The number of thiazole rings is 1. The van der Waals surface area contributed by atoms with Crippen molar-refractivity contribution in [3.05, 3.63) is 47.0 Å². The molecule has 3 nitrogen and oxygen atoms in total. The third kappa shape index (κ3) is 2.30. The molecule has 2 aromatic carbocycles. The zero-order chi connectivity index (χ0) is 14.3. The second-order valence-corrected chi connectivity index (χ2v) is 5.62. The van der Waals surface area contributed by atoms with Crippen LogP contribution in [0.3, 0.4) is 0 Å². The van der Waals surface area contributed by atoms with E-state index in [1.807, 2.05) is 6.92 Å². The predicted molar refractivity (Wildman–Crippen MR) is 78.4 cm³/mol. The Morgan fingerprint density at radius 3 is 2.75 bits per heavy atom. The summed E-state index contributed by atoms with van der Waals surface area (Å²) in [5, 5.41) is 3.73. The van der Waals surface area contributed by atoms with Gasteiger partial charge >= 0.3 is 0 Å².